The molecule has 1 aromatic rings. The molecule has 1 aromatic carbocycles. The Morgan fingerprint density at radius 3 is 2.65 bits per heavy atom. The molecule has 0 aliphatic carbocycles. The van der Waals surface area contributed by atoms with Gasteiger partial charge in [0.1, 0.15) is 5.82 Å². The van der Waals surface area contributed by atoms with Crippen LogP contribution < -0.4 is 4.31 Å². The molecule has 2 rings (SSSR count). The monoisotopic (exact) mass is 259 g/mol. The smallest absolute Gasteiger partial charge is 0.337 e. The summed E-state index contributed by atoms with van der Waals surface area (Å²) >= 11 is 0. The quantitative estimate of drug-likeness (QED) is 0.861. The SMILES string of the molecule is O=C(O)c1ccc(F)cc1N1CCCS1(=O)=O. The number of benzene rings is 1. The van der Waals surface area contributed by atoms with Crippen LogP contribution in [0.25, 0.3) is 0 Å². The molecule has 0 amide bonds. The first-order valence-corrected chi connectivity index (χ1v) is 6.56. The van der Waals surface area contributed by atoms with Crippen molar-refractivity contribution in [3.63, 3.8) is 0 Å². The van der Waals surface area contributed by atoms with E-state index >= 15 is 0 Å². The van der Waals surface area contributed by atoms with E-state index in [9.17, 15) is 17.6 Å². The Labute approximate surface area is 97.5 Å². The molecule has 0 radical (unpaired) electrons. The van der Waals surface area contributed by atoms with Crippen molar-refractivity contribution in [2.75, 3.05) is 16.6 Å². The largest absolute Gasteiger partial charge is 0.478 e. The Morgan fingerprint density at radius 2 is 2.12 bits per heavy atom. The Balaban J connectivity index is 2.58. The summed E-state index contributed by atoms with van der Waals surface area (Å²) in [5, 5.41) is 8.94. The number of carbonyl (C=O) groups is 1. The first kappa shape index (κ1) is 11.8. The summed E-state index contributed by atoms with van der Waals surface area (Å²) in [7, 11) is -3.51. The molecule has 92 valence electrons. The van der Waals surface area contributed by atoms with Gasteiger partial charge in [0.2, 0.25) is 10.0 Å². The van der Waals surface area contributed by atoms with Crippen molar-refractivity contribution in [1.82, 2.24) is 0 Å². The highest BCUT2D eigenvalue weighted by molar-refractivity contribution is 7.93. The molecule has 17 heavy (non-hydrogen) atoms. The van der Waals surface area contributed by atoms with Crippen molar-refractivity contribution in [2.45, 2.75) is 6.42 Å². The highest BCUT2D eigenvalue weighted by Gasteiger charge is 2.31. The van der Waals surface area contributed by atoms with Crippen LogP contribution in [0.15, 0.2) is 18.2 Å². The molecular formula is C10H10FNO4S. The Bertz CT molecular complexity index is 570. The Hall–Kier alpha value is -1.63. The van der Waals surface area contributed by atoms with Crippen LogP contribution in [0.5, 0.6) is 0 Å². The minimum atomic E-state index is -3.51. The van der Waals surface area contributed by atoms with E-state index in [0.29, 0.717) is 6.42 Å². The zero-order chi connectivity index (χ0) is 12.6. The van der Waals surface area contributed by atoms with Crippen LogP contribution in [0.1, 0.15) is 16.8 Å². The maximum absolute atomic E-state index is 13.1. The molecule has 7 heteroatoms. The highest BCUT2D eigenvalue weighted by Crippen LogP contribution is 2.28. The molecule has 1 aliphatic rings. The standard InChI is InChI=1S/C10H10FNO4S/c11-7-2-3-8(10(13)14)9(6-7)12-4-1-5-17(12,15)16/h2-3,6H,1,4-5H2,(H,13,14). The zero-order valence-electron chi connectivity index (χ0n) is 8.76. The maximum atomic E-state index is 13.1. The van der Waals surface area contributed by atoms with Crippen molar-refractivity contribution in [3.05, 3.63) is 29.6 Å². The average molecular weight is 259 g/mol. The Kier molecular flexibility index (Phi) is 2.78. The van der Waals surface area contributed by atoms with Crippen molar-refractivity contribution in [1.29, 1.82) is 0 Å². The van der Waals surface area contributed by atoms with Crippen molar-refractivity contribution in [2.24, 2.45) is 0 Å². The molecule has 5 nitrogen and oxygen atoms in total. The lowest BCUT2D eigenvalue weighted by Crippen LogP contribution is -2.27. The van der Waals surface area contributed by atoms with Gasteiger partial charge in [0, 0.05) is 6.54 Å². The van der Waals surface area contributed by atoms with Gasteiger partial charge < -0.3 is 5.11 Å². The van der Waals surface area contributed by atoms with Gasteiger partial charge in [0.25, 0.3) is 0 Å². The Morgan fingerprint density at radius 1 is 1.41 bits per heavy atom. The van der Waals surface area contributed by atoms with Crippen LogP contribution in [-0.4, -0.2) is 31.8 Å². The van der Waals surface area contributed by atoms with Gasteiger partial charge in [0.15, 0.2) is 0 Å². The van der Waals surface area contributed by atoms with Crippen LogP contribution in [0, 0.1) is 5.82 Å². The number of carboxylic acids is 1. The third kappa shape index (κ3) is 2.10. The number of rotatable bonds is 2. The molecule has 0 aromatic heterocycles. The topological polar surface area (TPSA) is 74.7 Å². The fourth-order valence-electron chi connectivity index (χ4n) is 1.80. The summed E-state index contributed by atoms with van der Waals surface area (Å²) in [6, 6.07) is 3.00. The van der Waals surface area contributed by atoms with Gasteiger partial charge in [-0.05, 0) is 24.6 Å². The summed E-state index contributed by atoms with van der Waals surface area (Å²) in [6.45, 7) is 0.187. The van der Waals surface area contributed by atoms with E-state index in [0.717, 1.165) is 22.5 Å². The molecule has 0 spiro atoms. The van der Waals surface area contributed by atoms with E-state index in [2.05, 4.69) is 0 Å². The van der Waals surface area contributed by atoms with Gasteiger partial charge in [-0.25, -0.2) is 17.6 Å². The summed E-state index contributed by atoms with van der Waals surface area (Å²) in [5.74, 6) is -1.98. The maximum Gasteiger partial charge on any atom is 0.337 e. The fourth-order valence-corrected chi connectivity index (χ4v) is 3.37. The first-order chi connectivity index (χ1) is 7.92. The minimum Gasteiger partial charge on any atom is -0.478 e. The van der Waals surface area contributed by atoms with E-state index in [-0.39, 0.29) is 23.5 Å². The lowest BCUT2D eigenvalue weighted by Gasteiger charge is -2.18. The van der Waals surface area contributed by atoms with Gasteiger partial charge in [-0.3, -0.25) is 4.31 Å². The first-order valence-electron chi connectivity index (χ1n) is 4.95. The van der Waals surface area contributed by atoms with E-state index in [1.807, 2.05) is 0 Å². The van der Waals surface area contributed by atoms with Crippen LogP contribution in [0.3, 0.4) is 0 Å². The normalized spacial score (nSPS) is 18.3. The second kappa shape index (κ2) is 3.99. The number of hydrogen-bond donors (Lipinski definition) is 1. The third-order valence-corrected chi connectivity index (χ3v) is 4.41. The molecule has 0 saturated carbocycles. The van der Waals surface area contributed by atoms with Gasteiger partial charge in [-0.2, -0.15) is 0 Å². The average Bonchev–Trinajstić information content (AvgIpc) is 2.57. The number of halogens is 1. The third-order valence-electron chi connectivity index (χ3n) is 2.56. The molecule has 0 unspecified atom stereocenters. The zero-order valence-corrected chi connectivity index (χ0v) is 9.58. The summed E-state index contributed by atoms with van der Waals surface area (Å²) < 4.78 is 37.4. The minimum absolute atomic E-state index is 0.0391. The van der Waals surface area contributed by atoms with Crippen LogP contribution in [0.4, 0.5) is 10.1 Å². The second-order valence-corrected chi connectivity index (χ2v) is 5.72. The van der Waals surface area contributed by atoms with E-state index < -0.39 is 21.8 Å². The number of anilines is 1. The highest BCUT2D eigenvalue weighted by atomic mass is 32.2. The fraction of sp³-hybridized carbons (Fsp3) is 0.300. The van der Waals surface area contributed by atoms with Gasteiger partial charge in [0.05, 0.1) is 17.0 Å². The van der Waals surface area contributed by atoms with E-state index in [4.69, 9.17) is 5.11 Å². The predicted octanol–water partition coefficient (Wildman–Crippen LogP) is 1.06. The van der Waals surface area contributed by atoms with E-state index in [1.54, 1.807) is 0 Å². The molecule has 1 fully saturated rings. The van der Waals surface area contributed by atoms with E-state index in [1.165, 1.54) is 0 Å². The van der Waals surface area contributed by atoms with Crippen LogP contribution in [0.2, 0.25) is 0 Å². The predicted molar refractivity (Wildman–Crippen MR) is 59.1 cm³/mol. The lowest BCUT2D eigenvalue weighted by molar-refractivity contribution is 0.0697. The van der Waals surface area contributed by atoms with Gasteiger partial charge in [-0.15, -0.1) is 0 Å². The summed E-state index contributed by atoms with van der Waals surface area (Å²) in [6.07, 6.45) is 0.415. The molecule has 1 heterocycles. The molecule has 0 bridgehead atoms. The summed E-state index contributed by atoms with van der Waals surface area (Å²) in [5.41, 5.74) is -0.313. The number of nitrogens with zero attached hydrogens (tertiary/aromatic N) is 1. The van der Waals surface area contributed by atoms with Gasteiger partial charge >= 0.3 is 5.97 Å². The van der Waals surface area contributed by atoms with Gasteiger partial charge in [-0.1, -0.05) is 0 Å². The van der Waals surface area contributed by atoms with Crippen LogP contribution in [-0.2, 0) is 10.0 Å². The lowest BCUT2D eigenvalue weighted by atomic mass is 10.1. The van der Waals surface area contributed by atoms with Crippen LogP contribution >= 0.6 is 0 Å². The number of sulfonamides is 1. The molecule has 0 atom stereocenters. The summed E-state index contributed by atoms with van der Waals surface area (Å²) in [4.78, 5) is 11.0. The van der Waals surface area contributed by atoms with Crippen molar-refractivity contribution < 1.29 is 22.7 Å². The molecule has 1 aliphatic heterocycles. The second-order valence-electron chi connectivity index (χ2n) is 3.71. The van der Waals surface area contributed by atoms with Crippen molar-refractivity contribution >= 4 is 21.7 Å². The molecular weight excluding hydrogens is 249 g/mol. The molecule has 1 saturated heterocycles. The number of hydrogen-bond acceptors (Lipinski definition) is 3. The number of aromatic carboxylic acids is 1. The molecule has 1 N–H and O–H groups in total. The van der Waals surface area contributed by atoms with Crippen molar-refractivity contribution in [3.8, 4) is 0 Å². The number of carboxylic acid groups (broad SMARTS) is 1.